The normalized spacial score (nSPS) is 10.8. The van der Waals surface area contributed by atoms with Crippen LogP contribution in [0.2, 0.25) is 0 Å². The zero-order valence-corrected chi connectivity index (χ0v) is 15.2. The van der Waals surface area contributed by atoms with Gasteiger partial charge in [0.2, 0.25) is 0 Å². The number of aromatic nitrogens is 2. The van der Waals surface area contributed by atoms with Crippen molar-refractivity contribution < 1.29 is 9.18 Å². The van der Waals surface area contributed by atoms with Crippen LogP contribution in [0.3, 0.4) is 0 Å². The Kier molecular flexibility index (Phi) is 5.16. The van der Waals surface area contributed by atoms with Crippen LogP contribution < -0.4 is 5.32 Å². The summed E-state index contributed by atoms with van der Waals surface area (Å²) in [6, 6.07) is 10.1. The Morgan fingerprint density at radius 3 is 2.46 bits per heavy atom. The minimum Gasteiger partial charge on any atom is -0.347 e. The number of rotatable bonds is 5. The third-order valence-electron chi connectivity index (χ3n) is 4.78. The topological polar surface area (TPSA) is 46.9 Å². The lowest BCUT2D eigenvalue weighted by atomic mass is 10.1. The molecule has 0 bridgehead atoms. The van der Waals surface area contributed by atoms with Crippen molar-refractivity contribution in [2.24, 2.45) is 0 Å². The number of carbonyl (C=O) groups excluding carboxylic acids is 1. The Labute approximate surface area is 152 Å². The van der Waals surface area contributed by atoms with Gasteiger partial charge in [-0.3, -0.25) is 9.78 Å². The van der Waals surface area contributed by atoms with Gasteiger partial charge in [-0.2, -0.15) is 0 Å². The van der Waals surface area contributed by atoms with E-state index in [1.807, 2.05) is 37.5 Å². The lowest BCUT2D eigenvalue weighted by Crippen LogP contribution is -2.26. The molecule has 0 saturated heterocycles. The molecule has 0 saturated carbocycles. The largest absolute Gasteiger partial charge is 0.347 e. The molecule has 5 heteroatoms. The van der Waals surface area contributed by atoms with Gasteiger partial charge in [-0.25, -0.2) is 4.39 Å². The minimum atomic E-state index is -0.264. The van der Waals surface area contributed by atoms with Crippen LogP contribution in [-0.2, 0) is 13.1 Å². The summed E-state index contributed by atoms with van der Waals surface area (Å²) >= 11 is 0. The van der Waals surface area contributed by atoms with Crippen molar-refractivity contribution >= 4 is 5.91 Å². The minimum absolute atomic E-state index is 0.121. The van der Waals surface area contributed by atoms with Gasteiger partial charge in [0.15, 0.2) is 0 Å². The summed E-state index contributed by atoms with van der Waals surface area (Å²) < 4.78 is 15.2. The van der Waals surface area contributed by atoms with E-state index in [1.165, 1.54) is 12.1 Å². The summed E-state index contributed by atoms with van der Waals surface area (Å²) in [6.45, 7) is 6.93. The summed E-state index contributed by atoms with van der Waals surface area (Å²) in [5.74, 6) is -0.385. The number of hydrogen-bond donors (Lipinski definition) is 1. The van der Waals surface area contributed by atoms with Crippen LogP contribution in [0.5, 0.6) is 0 Å². The van der Waals surface area contributed by atoms with Crippen molar-refractivity contribution in [3.63, 3.8) is 0 Å². The number of carbonyl (C=O) groups is 1. The third kappa shape index (κ3) is 3.67. The Morgan fingerprint density at radius 1 is 1.08 bits per heavy atom. The molecular weight excluding hydrogens is 329 g/mol. The number of halogens is 1. The van der Waals surface area contributed by atoms with Gasteiger partial charge < -0.3 is 9.88 Å². The average Bonchev–Trinajstić information content (AvgIpc) is 2.86. The highest BCUT2D eigenvalue weighted by Gasteiger charge is 2.20. The van der Waals surface area contributed by atoms with Gasteiger partial charge in [0.25, 0.3) is 5.91 Å². The molecule has 2 heterocycles. The highest BCUT2D eigenvalue weighted by atomic mass is 19.1. The van der Waals surface area contributed by atoms with E-state index in [1.54, 1.807) is 24.5 Å². The van der Waals surface area contributed by atoms with Crippen LogP contribution in [0.25, 0.3) is 0 Å². The van der Waals surface area contributed by atoms with E-state index in [2.05, 4.69) is 10.3 Å². The van der Waals surface area contributed by atoms with Crippen LogP contribution in [0, 0.1) is 26.6 Å². The van der Waals surface area contributed by atoms with Crippen LogP contribution >= 0.6 is 0 Å². The molecule has 0 aliphatic heterocycles. The first kappa shape index (κ1) is 17.9. The molecule has 0 aliphatic carbocycles. The molecule has 1 amide bonds. The van der Waals surface area contributed by atoms with Gasteiger partial charge in [0, 0.05) is 31.2 Å². The zero-order valence-electron chi connectivity index (χ0n) is 15.2. The van der Waals surface area contributed by atoms with Crippen molar-refractivity contribution in [1.29, 1.82) is 0 Å². The number of benzene rings is 1. The Bertz CT molecular complexity index is 915. The lowest BCUT2D eigenvalue weighted by Gasteiger charge is -2.13. The van der Waals surface area contributed by atoms with Gasteiger partial charge in [0.05, 0.1) is 0 Å². The first-order valence-corrected chi connectivity index (χ1v) is 8.55. The smallest absolute Gasteiger partial charge is 0.268 e. The van der Waals surface area contributed by atoms with Gasteiger partial charge in [-0.15, -0.1) is 0 Å². The predicted molar refractivity (Wildman–Crippen MR) is 99.6 cm³/mol. The van der Waals surface area contributed by atoms with E-state index >= 15 is 0 Å². The molecule has 1 aromatic carbocycles. The standard InChI is InChI=1S/C21H22FN3O/c1-14-15(2)20(21(26)24-12-18-5-4-10-23-11-18)25(16(14)3)13-17-6-8-19(22)9-7-17/h4-11H,12-13H2,1-3H3,(H,24,26). The number of nitrogens with one attached hydrogen (secondary N) is 1. The third-order valence-corrected chi connectivity index (χ3v) is 4.78. The number of nitrogens with zero attached hydrogens (tertiary/aromatic N) is 2. The second kappa shape index (κ2) is 7.52. The summed E-state index contributed by atoms with van der Waals surface area (Å²) in [4.78, 5) is 16.9. The molecule has 0 atom stereocenters. The lowest BCUT2D eigenvalue weighted by molar-refractivity contribution is 0.0941. The molecule has 0 spiro atoms. The molecule has 0 aliphatic rings. The first-order valence-electron chi connectivity index (χ1n) is 8.55. The fraction of sp³-hybridized carbons (Fsp3) is 0.238. The number of pyridine rings is 1. The predicted octanol–water partition coefficient (Wildman–Crippen LogP) is 3.93. The Balaban J connectivity index is 1.86. The van der Waals surface area contributed by atoms with E-state index in [9.17, 15) is 9.18 Å². The molecule has 0 unspecified atom stereocenters. The molecule has 26 heavy (non-hydrogen) atoms. The highest BCUT2D eigenvalue weighted by molar-refractivity contribution is 5.95. The Morgan fingerprint density at radius 2 is 1.81 bits per heavy atom. The van der Waals surface area contributed by atoms with Crippen molar-refractivity contribution in [1.82, 2.24) is 14.9 Å². The fourth-order valence-electron chi connectivity index (χ4n) is 3.05. The maximum absolute atomic E-state index is 13.2. The Hall–Kier alpha value is -2.95. The van der Waals surface area contributed by atoms with Crippen molar-refractivity contribution in [3.05, 3.63) is 88.3 Å². The molecule has 3 aromatic rings. The monoisotopic (exact) mass is 351 g/mol. The van der Waals surface area contributed by atoms with Crippen molar-refractivity contribution in [2.75, 3.05) is 0 Å². The van der Waals surface area contributed by atoms with E-state index in [4.69, 9.17) is 0 Å². The van der Waals surface area contributed by atoms with E-state index < -0.39 is 0 Å². The maximum atomic E-state index is 13.2. The van der Waals surface area contributed by atoms with Crippen LogP contribution in [0.4, 0.5) is 4.39 Å². The van der Waals surface area contributed by atoms with Gasteiger partial charge in [-0.1, -0.05) is 18.2 Å². The highest BCUT2D eigenvalue weighted by Crippen LogP contribution is 2.23. The molecule has 0 fully saturated rings. The SMILES string of the molecule is Cc1c(C)c(C(=O)NCc2cccnc2)n(Cc2ccc(F)cc2)c1C. The van der Waals surface area contributed by atoms with E-state index in [-0.39, 0.29) is 11.7 Å². The maximum Gasteiger partial charge on any atom is 0.268 e. The van der Waals surface area contributed by atoms with Crippen LogP contribution in [-0.4, -0.2) is 15.5 Å². The van der Waals surface area contributed by atoms with E-state index in [0.29, 0.717) is 18.8 Å². The van der Waals surface area contributed by atoms with Gasteiger partial charge in [-0.05, 0) is 61.2 Å². The molecule has 3 rings (SSSR count). The van der Waals surface area contributed by atoms with Gasteiger partial charge in [0.1, 0.15) is 11.5 Å². The van der Waals surface area contributed by atoms with Crippen molar-refractivity contribution in [3.8, 4) is 0 Å². The van der Waals surface area contributed by atoms with Gasteiger partial charge >= 0.3 is 0 Å². The quantitative estimate of drug-likeness (QED) is 0.757. The number of hydrogen-bond acceptors (Lipinski definition) is 2. The number of amides is 1. The zero-order chi connectivity index (χ0) is 18.7. The molecule has 4 nitrogen and oxygen atoms in total. The van der Waals surface area contributed by atoms with E-state index in [0.717, 1.165) is 27.9 Å². The van der Waals surface area contributed by atoms with Crippen LogP contribution in [0.15, 0.2) is 48.8 Å². The first-order chi connectivity index (χ1) is 12.5. The second-order valence-corrected chi connectivity index (χ2v) is 6.44. The summed E-state index contributed by atoms with van der Waals surface area (Å²) in [5, 5.41) is 2.97. The summed E-state index contributed by atoms with van der Waals surface area (Å²) in [6.07, 6.45) is 3.44. The summed E-state index contributed by atoms with van der Waals surface area (Å²) in [7, 11) is 0. The molecule has 0 radical (unpaired) electrons. The molecule has 2 aromatic heterocycles. The summed E-state index contributed by atoms with van der Waals surface area (Å²) in [5.41, 5.74) is 5.65. The molecular formula is C21H22FN3O. The van der Waals surface area contributed by atoms with Crippen LogP contribution in [0.1, 0.15) is 38.4 Å². The second-order valence-electron chi connectivity index (χ2n) is 6.44. The fourth-order valence-corrected chi connectivity index (χ4v) is 3.05. The van der Waals surface area contributed by atoms with Crippen molar-refractivity contribution in [2.45, 2.75) is 33.9 Å². The molecule has 1 N–H and O–H groups in total. The molecule has 134 valence electrons. The average molecular weight is 351 g/mol.